The molecule has 1 unspecified atom stereocenters. The normalized spacial score (nSPS) is 43.8. The van der Waals surface area contributed by atoms with E-state index >= 15 is 0 Å². The first-order valence-electron chi connectivity index (χ1n) is 10.7. The van der Waals surface area contributed by atoms with E-state index in [4.69, 9.17) is 0 Å². The first-order valence-corrected chi connectivity index (χ1v) is 10.7. The SMILES string of the molecule is C[C@H]1CCCCC1B([C@H]1CCCC[C@@H]1C)[C@H]1CCCC[C@@H]1C. The molecule has 0 aliphatic heterocycles. The van der Waals surface area contributed by atoms with Gasteiger partial charge < -0.3 is 0 Å². The monoisotopic (exact) mass is 302 g/mol. The summed E-state index contributed by atoms with van der Waals surface area (Å²) in [6.07, 6.45) is 18.3. The van der Waals surface area contributed by atoms with Crippen molar-refractivity contribution in [2.45, 2.75) is 115 Å². The molecule has 3 aliphatic carbocycles. The minimum atomic E-state index is 1.00. The van der Waals surface area contributed by atoms with Gasteiger partial charge in [-0.3, -0.25) is 0 Å². The minimum Gasteiger partial charge on any atom is -0.0629 e. The van der Waals surface area contributed by atoms with Crippen molar-refractivity contribution in [3.63, 3.8) is 0 Å². The molecule has 126 valence electrons. The quantitative estimate of drug-likeness (QED) is 0.483. The minimum absolute atomic E-state index is 1.00. The van der Waals surface area contributed by atoms with Crippen molar-refractivity contribution in [3.05, 3.63) is 0 Å². The predicted molar refractivity (Wildman–Crippen MR) is 99.9 cm³/mol. The smallest absolute Gasteiger partial charge is 0.0629 e. The Kier molecular flexibility index (Phi) is 5.96. The van der Waals surface area contributed by atoms with E-state index in [1.165, 1.54) is 57.8 Å². The third-order valence-electron chi connectivity index (χ3n) is 8.02. The highest BCUT2D eigenvalue weighted by Gasteiger charge is 2.45. The van der Waals surface area contributed by atoms with Crippen LogP contribution in [-0.2, 0) is 0 Å². The van der Waals surface area contributed by atoms with Crippen LogP contribution in [0.5, 0.6) is 0 Å². The van der Waals surface area contributed by atoms with E-state index in [0.29, 0.717) is 0 Å². The number of hydrogen-bond acceptors (Lipinski definition) is 0. The maximum absolute atomic E-state index is 2.60. The summed E-state index contributed by atoms with van der Waals surface area (Å²) in [5, 5.41) is 0. The van der Waals surface area contributed by atoms with Gasteiger partial charge in [0.1, 0.15) is 6.71 Å². The Balaban J connectivity index is 1.83. The molecule has 0 N–H and O–H groups in total. The number of rotatable bonds is 3. The van der Waals surface area contributed by atoms with Crippen LogP contribution >= 0.6 is 0 Å². The Hall–Kier alpha value is 0.0649. The van der Waals surface area contributed by atoms with Gasteiger partial charge in [0.25, 0.3) is 0 Å². The largest absolute Gasteiger partial charge is 0.150 e. The van der Waals surface area contributed by atoms with Gasteiger partial charge in [-0.25, -0.2) is 0 Å². The van der Waals surface area contributed by atoms with Crippen LogP contribution in [0.1, 0.15) is 97.8 Å². The van der Waals surface area contributed by atoms with E-state index in [1.54, 1.807) is 19.3 Å². The van der Waals surface area contributed by atoms with E-state index in [0.717, 1.165) is 41.9 Å². The van der Waals surface area contributed by atoms with E-state index in [1.807, 2.05) is 0 Å². The van der Waals surface area contributed by atoms with Crippen LogP contribution < -0.4 is 0 Å². The highest BCUT2D eigenvalue weighted by atomic mass is 14.3. The fourth-order valence-corrected chi connectivity index (χ4v) is 6.70. The van der Waals surface area contributed by atoms with Gasteiger partial charge in [-0.05, 0) is 17.8 Å². The van der Waals surface area contributed by atoms with Gasteiger partial charge in [-0.1, -0.05) is 115 Å². The lowest BCUT2D eigenvalue weighted by Gasteiger charge is -2.47. The molecule has 3 fully saturated rings. The zero-order valence-corrected chi connectivity index (χ0v) is 15.5. The van der Waals surface area contributed by atoms with Gasteiger partial charge in [0.2, 0.25) is 0 Å². The molecule has 0 nitrogen and oxygen atoms in total. The molecule has 0 aromatic carbocycles. The molecule has 6 atom stereocenters. The summed E-state index contributed by atoms with van der Waals surface area (Å²) in [5.41, 5.74) is 0. The van der Waals surface area contributed by atoms with E-state index in [-0.39, 0.29) is 0 Å². The van der Waals surface area contributed by atoms with Crippen LogP contribution in [0.25, 0.3) is 0 Å². The molecule has 3 saturated carbocycles. The van der Waals surface area contributed by atoms with Gasteiger partial charge in [0.05, 0.1) is 0 Å². The summed E-state index contributed by atoms with van der Waals surface area (Å²) in [6, 6.07) is 0. The Morgan fingerprint density at radius 3 is 1.00 bits per heavy atom. The third-order valence-corrected chi connectivity index (χ3v) is 8.02. The summed E-state index contributed by atoms with van der Waals surface area (Å²) in [6.45, 7) is 8.86. The van der Waals surface area contributed by atoms with E-state index in [9.17, 15) is 0 Å². The average Bonchev–Trinajstić information content (AvgIpc) is 2.53. The van der Waals surface area contributed by atoms with Crippen LogP contribution in [0.15, 0.2) is 0 Å². The Bertz CT molecular complexity index is 286. The molecule has 3 aliphatic rings. The summed E-state index contributed by atoms with van der Waals surface area (Å²) in [5.74, 6) is 6.19. The van der Waals surface area contributed by atoms with Crippen LogP contribution in [0, 0.1) is 17.8 Å². The molecule has 1 heteroatoms. The summed E-state index contributed by atoms with van der Waals surface area (Å²) in [4.78, 5) is 0. The molecule has 0 aromatic heterocycles. The first kappa shape index (κ1) is 16.9. The molecule has 0 aromatic rings. The van der Waals surface area contributed by atoms with Gasteiger partial charge in [0.15, 0.2) is 0 Å². The van der Waals surface area contributed by atoms with Crippen LogP contribution in [-0.4, -0.2) is 6.71 Å². The molecule has 0 spiro atoms. The van der Waals surface area contributed by atoms with Crippen molar-refractivity contribution in [3.8, 4) is 0 Å². The van der Waals surface area contributed by atoms with Crippen molar-refractivity contribution in [2.75, 3.05) is 0 Å². The molecule has 22 heavy (non-hydrogen) atoms. The van der Waals surface area contributed by atoms with Crippen molar-refractivity contribution in [1.82, 2.24) is 0 Å². The lowest BCUT2D eigenvalue weighted by molar-refractivity contribution is 0.315. The summed E-state index contributed by atoms with van der Waals surface area (Å²) < 4.78 is 0. The van der Waals surface area contributed by atoms with Crippen molar-refractivity contribution in [1.29, 1.82) is 0 Å². The molecule has 3 rings (SSSR count). The molecule has 0 heterocycles. The molecule has 0 saturated heterocycles. The Morgan fingerprint density at radius 1 is 0.455 bits per heavy atom. The second-order valence-corrected chi connectivity index (χ2v) is 9.35. The second kappa shape index (κ2) is 7.76. The van der Waals surface area contributed by atoms with Crippen LogP contribution in [0.2, 0.25) is 17.5 Å². The summed E-state index contributed by atoms with van der Waals surface area (Å²) in [7, 11) is 0. The van der Waals surface area contributed by atoms with Gasteiger partial charge in [-0.15, -0.1) is 0 Å². The van der Waals surface area contributed by atoms with Crippen molar-refractivity contribution < 1.29 is 0 Å². The van der Waals surface area contributed by atoms with Crippen molar-refractivity contribution in [2.24, 2.45) is 17.8 Å². The Labute approximate surface area is 140 Å². The fourth-order valence-electron chi connectivity index (χ4n) is 6.70. The topological polar surface area (TPSA) is 0 Å². The molecular formula is C21H39B. The van der Waals surface area contributed by atoms with Crippen LogP contribution in [0.3, 0.4) is 0 Å². The zero-order valence-electron chi connectivity index (χ0n) is 15.5. The predicted octanol–water partition coefficient (Wildman–Crippen LogP) is 7.22. The first-order chi connectivity index (χ1) is 10.7. The maximum Gasteiger partial charge on any atom is 0.150 e. The maximum atomic E-state index is 2.60. The summed E-state index contributed by atoms with van der Waals surface area (Å²) >= 11 is 0. The van der Waals surface area contributed by atoms with E-state index < -0.39 is 0 Å². The molecule has 0 bridgehead atoms. The molecule has 0 radical (unpaired) electrons. The molecular weight excluding hydrogens is 263 g/mol. The lowest BCUT2D eigenvalue weighted by atomic mass is 9.21. The molecule has 0 amide bonds. The second-order valence-electron chi connectivity index (χ2n) is 9.35. The van der Waals surface area contributed by atoms with Gasteiger partial charge >= 0.3 is 0 Å². The highest BCUT2D eigenvalue weighted by molar-refractivity contribution is 6.64. The third kappa shape index (κ3) is 3.59. The number of hydrogen-bond donors (Lipinski definition) is 0. The Morgan fingerprint density at radius 2 is 0.727 bits per heavy atom. The standard InChI is InChI=1S/C21H39B/c1-16-10-4-7-13-19(16)22(20-14-8-5-11-17(20)2)21-15-9-6-12-18(21)3/h16-21H,4-15H2,1-3H3/t16-,17-,18-,19-,20-,21?/m0/s1. The van der Waals surface area contributed by atoms with Gasteiger partial charge in [0, 0.05) is 0 Å². The van der Waals surface area contributed by atoms with Crippen molar-refractivity contribution >= 4 is 6.71 Å². The lowest BCUT2D eigenvalue weighted by Crippen LogP contribution is -2.42. The highest BCUT2D eigenvalue weighted by Crippen LogP contribution is 2.53. The average molecular weight is 302 g/mol. The van der Waals surface area contributed by atoms with Gasteiger partial charge in [-0.2, -0.15) is 0 Å². The van der Waals surface area contributed by atoms with E-state index in [2.05, 4.69) is 20.8 Å². The zero-order chi connectivity index (χ0) is 15.5. The van der Waals surface area contributed by atoms with Crippen LogP contribution in [0.4, 0.5) is 0 Å². The fraction of sp³-hybridized carbons (Fsp3) is 1.00.